The molecule has 16 heavy (non-hydrogen) atoms. The fraction of sp³-hybridized carbons (Fsp3) is 0.214. The molecule has 0 atom stereocenters. The van der Waals surface area contributed by atoms with Crippen LogP contribution in [0.15, 0.2) is 36.4 Å². The second-order valence-electron chi connectivity index (χ2n) is 3.71. The largest absolute Gasteiger partial charge is 0.494 e. The molecular formula is C14H14O2. The van der Waals surface area contributed by atoms with Crippen LogP contribution in [0.5, 0.6) is 5.75 Å². The maximum absolute atomic E-state index is 11.2. The van der Waals surface area contributed by atoms with Crippen molar-refractivity contribution in [1.82, 2.24) is 0 Å². The van der Waals surface area contributed by atoms with Crippen LogP contribution in [0.1, 0.15) is 24.2 Å². The lowest BCUT2D eigenvalue weighted by atomic mass is 10.0. The quantitative estimate of drug-likeness (QED) is 0.731. The number of hydrogen-bond donors (Lipinski definition) is 0. The second kappa shape index (κ2) is 4.35. The van der Waals surface area contributed by atoms with Crippen molar-refractivity contribution in [2.75, 3.05) is 6.61 Å². The van der Waals surface area contributed by atoms with E-state index in [-0.39, 0.29) is 5.78 Å². The van der Waals surface area contributed by atoms with Crippen molar-refractivity contribution in [2.24, 2.45) is 0 Å². The van der Waals surface area contributed by atoms with E-state index in [0.717, 1.165) is 22.1 Å². The summed E-state index contributed by atoms with van der Waals surface area (Å²) < 4.78 is 5.42. The average molecular weight is 214 g/mol. The number of carbonyl (C=O) groups is 1. The summed E-state index contributed by atoms with van der Waals surface area (Å²) in [6.07, 6.45) is 0. The summed E-state index contributed by atoms with van der Waals surface area (Å²) in [5.74, 6) is 0.960. The minimum Gasteiger partial charge on any atom is -0.494 e. The van der Waals surface area contributed by atoms with Crippen LogP contribution in [0.2, 0.25) is 0 Å². The second-order valence-corrected chi connectivity index (χ2v) is 3.71. The zero-order valence-corrected chi connectivity index (χ0v) is 9.49. The third-order valence-corrected chi connectivity index (χ3v) is 2.53. The van der Waals surface area contributed by atoms with Crippen molar-refractivity contribution in [1.29, 1.82) is 0 Å². The van der Waals surface area contributed by atoms with Gasteiger partial charge in [-0.05, 0) is 42.8 Å². The molecule has 0 aliphatic rings. The molecule has 2 nitrogen and oxygen atoms in total. The molecular weight excluding hydrogens is 200 g/mol. The first-order chi connectivity index (χ1) is 7.70. The number of benzene rings is 2. The predicted octanol–water partition coefficient (Wildman–Crippen LogP) is 3.44. The summed E-state index contributed by atoms with van der Waals surface area (Å²) in [4.78, 5) is 11.2. The van der Waals surface area contributed by atoms with Gasteiger partial charge in [-0.1, -0.05) is 18.2 Å². The number of hydrogen-bond acceptors (Lipinski definition) is 2. The van der Waals surface area contributed by atoms with Crippen molar-refractivity contribution in [3.63, 3.8) is 0 Å². The number of ether oxygens (including phenoxy) is 1. The van der Waals surface area contributed by atoms with Crippen molar-refractivity contribution < 1.29 is 9.53 Å². The monoisotopic (exact) mass is 214 g/mol. The van der Waals surface area contributed by atoms with Gasteiger partial charge in [0.1, 0.15) is 5.75 Å². The van der Waals surface area contributed by atoms with Crippen molar-refractivity contribution >= 4 is 16.6 Å². The molecule has 0 bridgehead atoms. The normalized spacial score (nSPS) is 10.4. The fourth-order valence-electron chi connectivity index (χ4n) is 1.70. The van der Waals surface area contributed by atoms with Gasteiger partial charge >= 0.3 is 0 Å². The Bertz CT molecular complexity index is 529. The highest BCUT2D eigenvalue weighted by Crippen LogP contribution is 2.22. The molecule has 0 saturated heterocycles. The number of rotatable bonds is 3. The molecule has 0 amide bonds. The highest BCUT2D eigenvalue weighted by molar-refractivity contribution is 5.98. The highest BCUT2D eigenvalue weighted by Gasteiger charge is 2.01. The molecule has 0 heterocycles. The molecule has 0 saturated carbocycles. The van der Waals surface area contributed by atoms with Crippen LogP contribution in [-0.2, 0) is 0 Å². The summed E-state index contributed by atoms with van der Waals surface area (Å²) in [5, 5.41) is 2.16. The minimum atomic E-state index is 0.0933. The van der Waals surface area contributed by atoms with E-state index in [2.05, 4.69) is 0 Å². The third kappa shape index (κ3) is 2.06. The van der Waals surface area contributed by atoms with Crippen LogP contribution < -0.4 is 4.74 Å². The van der Waals surface area contributed by atoms with E-state index in [0.29, 0.717) is 6.61 Å². The zero-order chi connectivity index (χ0) is 11.5. The first-order valence-corrected chi connectivity index (χ1v) is 5.38. The van der Waals surface area contributed by atoms with Gasteiger partial charge < -0.3 is 4.74 Å². The predicted molar refractivity (Wildman–Crippen MR) is 65.1 cm³/mol. The molecule has 0 aliphatic heterocycles. The fourth-order valence-corrected chi connectivity index (χ4v) is 1.70. The Kier molecular flexibility index (Phi) is 2.91. The molecule has 2 aromatic carbocycles. The maximum Gasteiger partial charge on any atom is 0.159 e. The smallest absolute Gasteiger partial charge is 0.159 e. The van der Waals surface area contributed by atoms with Gasteiger partial charge in [0.2, 0.25) is 0 Å². The SMILES string of the molecule is CCOc1ccc2cc(C(C)=O)ccc2c1. The van der Waals surface area contributed by atoms with Crippen LogP contribution in [0.4, 0.5) is 0 Å². The molecule has 0 fully saturated rings. The van der Waals surface area contributed by atoms with Gasteiger partial charge in [-0.2, -0.15) is 0 Å². The van der Waals surface area contributed by atoms with Gasteiger partial charge in [-0.15, -0.1) is 0 Å². The number of ketones is 1. The van der Waals surface area contributed by atoms with E-state index in [9.17, 15) is 4.79 Å². The Morgan fingerprint density at radius 3 is 2.50 bits per heavy atom. The molecule has 0 aromatic heterocycles. The lowest BCUT2D eigenvalue weighted by Crippen LogP contribution is -1.93. The maximum atomic E-state index is 11.2. The zero-order valence-electron chi connectivity index (χ0n) is 9.49. The van der Waals surface area contributed by atoms with Crippen LogP contribution in [-0.4, -0.2) is 12.4 Å². The van der Waals surface area contributed by atoms with E-state index in [4.69, 9.17) is 4.74 Å². The van der Waals surface area contributed by atoms with E-state index < -0.39 is 0 Å². The first-order valence-electron chi connectivity index (χ1n) is 5.38. The van der Waals surface area contributed by atoms with Crippen LogP contribution >= 0.6 is 0 Å². The van der Waals surface area contributed by atoms with Gasteiger partial charge in [0.25, 0.3) is 0 Å². The number of carbonyl (C=O) groups excluding carboxylic acids is 1. The summed E-state index contributed by atoms with van der Waals surface area (Å²) in [6, 6.07) is 11.6. The Labute approximate surface area is 94.8 Å². The van der Waals surface area contributed by atoms with Gasteiger partial charge in [0, 0.05) is 5.56 Å². The number of Topliss-reactive ketones (excluding diaryl/α,β-unsaturated/α-hetero) is 1. The lowest BCUT2D eigenvalue weighted by molar-refractivity contribution is 0.101. The molecule has 0 radical (unpaired) electrons. The lowest BCUT2D eigenvalue weighted by Gasteiger charge is -2.05. The van der Waals surface area contributed by atoms with Gasteiger partial charge in [-0.25, -0.2) is 0 Å². The Hall–Kier alpha value is -1.83. The Morgan fingerprint density at radius 1 is 1.12 bits per heavy atom. The van der Waals surface area contributed by atoms with Crippen LogP contribution in [0.3, 0.4) is 0 Å². The molecule has 2 aromatic rings. The summed E-state index contributed by atoms with van der Waals surface area (Å²) in [6.45, 7) is 4.20. The van der Waals surface area contributed by atoms with Crippen molar-refractivity contribution in [3.8, 4) is 5.75 Å². The van der Waals surface area contributed by atoms with Crippen molar-refractivity contribution in [3.05, 3.63) is 42.0 Å². The minimum absolute atomic E-state index is 0.0933. The Morgan fingerprint density at radius 2 is 1.81 bits per heavy atom. The standard InChI is InChI=1S/C14H14O2/c1-3-16-14-7-6-12-8-11(10(2)15)4-5-13(12)9-14/h4-9H,3H2,1-2H3. The van der Waals surface area contributed by atoms with Crippen molar-refractivity contribution in [2.45, 2.75) is 13.8 Å². The van der Waals surface area contributed by atoms with Gasteiger partial charge in [0.05, 0.1) is 6.61 Å². The van der Waals surface area contributed by atoms with Gasteiger partial charge in [0.15, 0.2) is 5.78 Å². The molecule has 2 rings (SSSR count). The summed E-state index contributed by atoms with van der Waals surface area (Å²) in [5.41, 5.74) is 0.747. The first kappa shape index (κ1) is 10.7. The van der Waals surface area contributed by atoms with Crippen LogP contribution in [0, 0.1) is 0 Å². The molecule has 0 spiro atoms. The average Bonchev–Trinajstić information content (AvgIpc) is 2.28. The van der Waals surface area contributed by atoms with Crippen LogP contribution in [0.25, 0.3) is 10.8 Å². The topological polar surface area (TPSA) is 26.3 Å². The molecule has 2 heteroatoms. The summed E-state index contributed by atoms with van der Waals surface area (Å²) in [7, 11) is 0. The Balaban J connectivity index is 2.48. The summed E-state index contributed by atoms with van der Waals surface area (Å²) >= 11 is 0. The van der Waals surface area contributed by atoms with E-state index in [1.165, 1.54) is 0 Å². The van der Waals surface area contributed by atoms with E-state index in [1.54, 1.807) is 6.92 Å². The highest BCUT2D eigenvalue weighted by atomic mass is 16.5. The van der Waals surface area contributed by atoms with E-state index >= 15 is 0 Å². The molecule has 82 valence electrons. The number of fused-ring (bicyclic) bond motifs is 1. The third-order valence-electron chi connectivity index (χ3n) is 2.53. The van der Waals surface area contributed by atoms with Gasteiger partial charge in [-0.3, -0.25) is 4.79 Å². The molecule has 0 N–H and O–H groups in total. The van der Waals surface area contributed by atoms with E-state index in [1.807, 2.05) is 43.3 Å². The molecule has 0 unspecified atom stereocenters. The molecule has 0 aliphatic carbocycles.